The highest BCUT2D eigenvalue weighted by Crippen LogP contribution is 2.27. The highest BCUT2D eigenvalue weighted by molar-refractivity contribution is 5.91. The molecule has 0 fully saturated rings. The van der Waals surface area contributed by atoms with E-state index in [-0.39, 0.29) is 17.3 Å². The third-order valence-corrected chi connectivity index (χ3v) is 3.88. The van der Waals surface area contributed by atoms with Crippen molar-refractivity contribution in [2.24, 2.45) is 0 Å². The molecule has 0 spiro atoms. The summed E-state index contributed by atoms with van der Waals surface area (Å²) in [6, 6.07) is 11.4. The van der Waals surface area contributed by atoms with Crippen molar-refractivity contribution in [3.05, 3.63) is 59.7 Å². The maximum absolute atomic E-state index is 13.1. The van der Waals surface area contributed by atoms with E-state index in [0.29, 0.717) is 35.6 Å². The fraction of sp³-hybridized carbons (Fsp3) is 0.300. The monoisotopic (exact) mass is 355 g/mol. The minimum absolute atomic E-state index is 0.180. The van der Waals surface area contributed by atoms with Gasteiger partial charge in [-0.25, -0.2) is 14.2 Å². The minimum Gasteiger partial charge on any atom is -0.440 e. The van der Waals surface area contributed by atoms with Gasteiger partial charge in [0.25, 0.3) is 0 Å². The van der Waals surface area contributed by atoms with E-state index in [9.17, 15) is 9.18 Å². The van der Waals surface area contributed by atoms with Crippen molar-refractivity contribution in [3.63, 3.8) is 0 Å². The molecule has 2 N–H and O–H groups in total. The molecule has 136 valence electrons. The molecule has 1 heterocycles. The summed E-state index contributed by atoms with van der Waals surface area (Å²) >= 11 is 0. The number of oxazole rings is 1. The molecule has 0 saturated heterocycles. The van der Waals surface area contributed by atoms with Crippen molar-refractivity contribution in [1.82, 2.24) is 10.3 Å². The van der Waals surface area contributed by atoms with E-state index in [4.69, 9.17) is 4.42 Å². The van der Waals surface area contributed by atoms with E-state index in [1.54, 1.807) is 24.3 Å². The summed E-state index contributed by atoms with van der Waals surface area (Å²) in [6.45, 7) is 6.50. The van der Waals surface area contributed by atoms with Crippen molar-refractivity contribution in [1.29, 1.82) is 0 Å². The first-order valence-corrected chi connectivity index (χ1v) is 8.52. The molecular weight excluding hydrogens is 333 g/mol. The van der Waals surface area contributed by atoms with Crippen molar-refractivity contribution in [2.75, 3.05) is 11.9 Å². The van der Waals surface area contributed by atoms with Crippen molar-refractivity contribution < 1.29 is 13.6 Å². The number of nitrogens with one attached hydrogen (secondary N) is 2. The average molecular weight is 355 g/mol. The van der Waals surface area contributed by atoms with Gasteiger partial charge < -0.3 is 15.1 Å². The zero-order valence-corrected chi connectivity index (χ0v) is 15.1. The molecule has 0 radical (unpaired) electrons. The minimum atomic E-state index is -0.319. The predicted octanol–water partition coefficient (Wildman–Crippen LogP) is 4.63. The molecule has 1 aromatic heterocycles. The van der Waals surface area contributed by atoms with Gasteiger partial charge in [-0.15, -0.1) is 0 Å². The number of hydrogen-bond acceptors (Lipinski definition) is 3. The van der Waals surface area contributed by atoms with Crippen LogP contribution in [0.5, 0.6) is 0 Å². The van der Waals surface area contributed by atoms with Crippen LogP contribution in [0.1, 0.15) is 32.2 Å². The number of urea groups is 1. The number of rotatable bonds is 4. The van der Waals surface area contributed by atoms with Gasteiger partial charge in [0, 0.05) is 17.6 Å². The molecule has 5 nitrogen and oxygen atoms in total. The van der Waals surface area contributed by atoms with Crippen molar-refractivity contribution in [2.45, 2.75) is 32.6 Å². The predicted molar refractivity (Wildman–Crippen MR) is 99.8 cm³/mol. The highest BCUT2D eigenvalue weighted by Gasteiger charge is 2.21. The topological polar surface area (TPSA) is 67.2 Å². The van der Waals surface area contributed by atoms with Crippen molar-refractivity contribution >= 4 is 22.8 Å². The second-order valence-corrected chi connectivity index (χ2v) is 7.21. The maximum Gasteiger partial charge on any atom is 0.319 e. The fourth-order valence-electron chi connectivity index (χ4n) is 2.51. The Morgan fingerprint density at radius 2 is 2.00 bits per heavy atom. The molecule has 2 aromatic carbocycles. The molecule has 0 atom stereocenters. The normalized spacial score (nSPS) is 11.5. The molecular formula is C20H22FN3O2. The smallest absolute Gasteiger partial charge is 0.319 e. The Balaban J connectivity index is 1.58. The first-order valence-electron chi connectivity index (χ1n) is 8.52. The maximum atomic E-state index is 13.1. The molecule has 0 aliphatic rings. The van der Waals surface area contributed by atoms with Crippen LogP contribution in [0.3, 0.4) is 0 Å². The summed E-state index contributed by atoms with van der Waals surface area (Å²) in [4.78, 5) is 16.5. The van der Waals surface area contributed by atoms with Gasteiger partial charge in [0.1, 0.15) is 11.3 Å². The van der Waals surface area contributed by atoms with E-state index in [0.717, 1.165) is 5.56 Å². The van der Waals surface area contributed by atoms with Crippen molar-refractivity contribution in [3.8, 4) is 0 Å². The van der Waals surface area contributed by atoms with Crippen LogP contribution in [0.25, 0.3) is 11.1 Å². The molecule has 2 amide bonds. The van der Waals surface area contributed by atoms with Crippen LogP contribution in [0.4, 0.5) is 14.9 Å². The summed E-state index contributed by atoms with van der Waals surface area (Å²) in [5.74, 6) is 0.381. The largest absolute Gasteiger partial charge is 0.440 e. The number of fused-ring (bicyclic) bond motifs is 1. The number of aromatic nitrogens is 1. The molecule has 26 heavy (non-hydrogen) atoms. The molecule has 0 bridgehead atoms. The zero-order valence-electron chi connectivity index (χ0n) is 15.1. The molecule has 0 aliphatic heterocycles. The number of anilines is 1. The lowest BCUT2D eigenvalue weighted by atomic mass is 9.97. The van der Waals surface area contributed by atoms with Crippen LogP contribution in [0.2, 0.25) is 0 Å². The number of carbonyl (C=O) groups is 1. The van der Waals surface area contributed by atoms with Gasteiger partial charge in [-0.2, -0.15) is 0 Å². The lowest BCUT2D eigenvalue weighted by molar-refractivity contribution is 0.252. The Labute approximate surface area is 151 Å². The van der Waals surface area contributed by atoms with Crippen LogP contribution in [-0.4, -0.2) is 17.6 Å². The van der Waals surface area contributed by atoms with E-state index in [1.807, 2.05) is 26.8 Å². The third kappa shape index (κ3) is 4.39. The quantitative estimate of drug-likeness (QED) is 0.717. The van der Waals surface area contributed by atoms with Gasteiger partial charge in [0.15, 0.2) is 5.58 Å². The lowest BCUT2D eigenvalue weighted by Gasteiger charge is -2.11. The van der Waals surface area contributed by atoms with E-state index in [1.165, 1.54) is 12.1 Å². The number of halogens is 1. The van der Waals surface area contributed by atoms with E-state index < -0.39 is 0 Å². The Bertz CT molecular complexity index is 928. The van der Waals surface area contributed by atoms with Crippen LogP contribution in [0, 0.1) is 5.82 Å². The second kappa shape index (κ2) is 7.15. The zero-order chi connectivity index (χ0) is 18.7. The summed E-state index contributed by atoms with van der Waals surface area (Å²) < 4.78 is 18.9. The first-order chi connectivity index (χ1) is 12.3. The van der Waals surface area contributed by atoms with Gasteiger partial charge >= 0.3 is 6.03 Å². The van der Waals surface area contributed by atoms with Crippen LogP contribution in [-0.2, 0) is 11.8 Å². The number of nitrogens with zero attached hydrogens (tertiary/aromatic N) is 1. The molecule has 0 saturated carbocycles. The molecule has 3 aromatic rings. The second-order valence-electron chi connectivity index (χ2n) is 7.21. The Morgan fingerprint density at radius 3 is 2.73 bits per heavy atom. The van der Waals surface area contributed by atoms with Crippen LogP contribution in [0.15, 0.2) is 46.9 Å². The lowest BCUT2D eigenvalue weighted by Crippen LogP contribution is -2.30. The van der Waals surface area contributed by atoms with Gasteiger partial charge in [-0.3, -0.25) is 0 Å². The highest BCUT2D eigenvalue weighted by atomic mass is 19.1. The van der Waals surface area contributed by atoms with E-state index in [2.05, 4.69) is 15.6 Å². The molecule has 3 rings (SSSR count). The number of benzene rings is 2. The number of carbonyl (C=O) groups excluding carboxylic acids is 1. The van der Waals surface area contributed by atoms with Crippen LogP contribution < -0.4 is 10.6 Å². The Morgan fingerprint density at radius 1 is 1.19 bits per heavy atom. The Hall–Kier alpha value is -2.89. The molecule has 0 aliphatic carbocycles. The molecule has 6 heteroatoms. The Kier molecular flexibility index (Phi) is 4.93. The summed E-state index contributed by atoms with van der Waals surface area (Å²) in [5.41, 5.74) is 2.68. The van der Waals surface area contributed by atoms with Crippen LogP contribution >= 0.6 is 0 Å². The SMILES string of the molecule is CC(C)(C)c1nc2cc(NC(=O)NCCc3cccc(F)c3)ccc2o1. The van der Waals surface area contributed by atoms with Gasteiger partial charge in [0.05, 0.1) is 0 Å². The standard InChI is InChI=1S/C20H22FN3O2/c1-20(2,3)18-24-16-12-15(7-8-17(16)26-18)23-19(25)22-10-9-13-5-4-6-14(21)11-13/h4-8,11-12H,9-10H2,1-3H3,(H2,22,23,25). The average Bonchev–Trinajstić information content (AvgIpc) is 2.98. The number of amides is 2. The number of hydrogen-bond donors (Lipinski definition) is 2. The summed E-state index contributed by atoms with van der Waals surface area (Å²) in [5, 5.41) is 5.53. The third-order valence-electron chi connectivity index (χ3n) is 3.88. The van der Waals surface area contributed by atoms with E-state index >= 15 is 0 Å². The van der Waals surface area contributed by atoms with Gasteiger partial charge in [-0.05, 0) is 42.3 Å². The first kappa shape index (κ1) is 17.9. The summed E-state index contributed by atoms with van der Waals surface area (Å²) in [6.07, 6.45) is 0.558. The van der Waals surface area contributed by atoms with Gasteiger partial charge in [-0.1, -0.05) is 32.9 Å². The van der Waals surface area contributed by atoms with Gasteiger partial charge in [0.2, 0.25) is 5.89 Å². The molecule has 0 unspecified atom stereocenters. The summed E-state index contributed by atoms with van der Waals surface area (Å²) in [7, 11) is 0. The fourth-order valence-corrected chi connectivity index (χ4v) is 2.51.